The Balaban J connectivity index is 1.32. The van der Waals surface area contributed by atoms with Gasteiger partial charge in [0.05, 0.1) is 0 Å². The van der Waals surface area contributed by atoms with Crippen molar-refractivity contribution in [2.24, 2.45) is 0 Å². The molecule has 5 heteroatoms. The molecule has 0 N–H and O–H groups in total. The number of thiophene rings is 1. The normalized spacial score (nSPS) is 12.3. The molecule has 0 radical (unpaired) electrons. The number of aryl methyl sites for hydroxylation is 1. The van der Waals surface area contributed by atoms with Crippen LogP contribution in [0.15, 0.2) is 140 Å². The lowest BCUT2D eigenvalue weighted by molar-refractivity contribution is 0.713. The Bertz CT molecular complexity index is 2750. The van der Waals surface area contributed by atoms with Gasteiger partial charge < -0.3 is 0 Å². The van der Waals surface area contributed by atoms with Gasteiger partial charge in [-0.1, -0.05) is 140 Å². The molecule has 0 spiro atoms. The molecule has 9 aromatic rings. The van der Waals surface area contributed by atoms with Gasteiger partial charge in [-0.3, -0.25) is 0 Å². The first kappa shape index (κ1) is 30.6. The van der Waals surface area contributed by atoms with Crippen LogP contribution in [0.1, 0.15) is 36.2 Å². The fraction of sp³-hybridized carbons (Fsp3) is 0.0889. The number of halogens is 1. The third-order valence-corrected chi connectivity index (χ3v) is 11.2. The van der Waals surface area contributed by atoms with Crippen molar-refractivity contribution in [3.05, 3.63) is 162 Å². The quantitative estimate of drug-likeness (QED) is 0.175. The van der Waals surface area contributed by atoms with Crippen LogP contribution in [-0.2, 0) is 0 Å². The molecule has 3 nitrogen and oxygen atoms in total. The number of hydrogen-bond acceptors (Lipinski definition) is 4. The Hall–Kier alpha value is -5.42. The van der Waals surface area contributed by atoms with Gasteiger partial charge in [0.25, 0.3) is 0 Å². The van der Waals surface area contributed by atoms with Crippen molar-refractivity contribution >= 4 is 64.7 Å². The van der Waals surface area contributed by atoms with Crippen LogP contribution in [-0.4, -0.2) is 15.0 Å². The summed E-state index contributed by atoms with van der Waals surface area (Å²) in [5.74, 6) is 1.97. The van der Waals surface area contributed by atoms with E-state index in [1.165, 1.54) is 48.5 Å². The van der Waals surface area contributed by atoms with Gasteiger partial charge in [-0.15, -0.1) is 11.3 Å². The average molecular weight is 682 g/mol. The van der Waals surface area contributed by atoms with Gasteiger partial charge in [0.1, 0.15) is 5.82 Å². The smallest absolute Gasteiger partial charge is 0.164 e. The molecular weight excluding hydrogens is 650 g/mol. The number of fused-ring (bicyclic) bond motifs is 6. The summed E-state index contributed by atoms with van der Waals surface area (Å²) < 4.78 is 2.36. The van der Waals surface area contributed by atoms with Crippen LogP contribution in [0.3, 0.4) is 0 Å². The summed E-state index contributed by atoms with van der Waals surface area (Å²) in [7, 11) is 0. The third-order valence-electron chi connectivity index (χ3n) is 9.82. The fourth-order valence-corrected chi connectivity index (χ4v) is 8.95. The Morgan fingerprint density at radius 1 is 0.600 bits per heavy atom. The summed E-state index contributed by atoms with van der Waals surface area (Å²) in [5.41, 5.74) is 6.74. The van der Waals surface area contributed by atoms with Crippen LogP contribution < -0.4 is 0 Å². The highest BCUT2D eigenvalue weighted by Gasteiger charge is 2.24. The van der Waals surface area contributed by atoms with Crippen molar-refractivity contribution in [2.75, 3.05) is 0 Å². The number of rotatable bonds is 6. The Morgan fingerprint density at radius 3 is 2.14 bits per heavy atom. The van der Waals surface area contributed by atoms with E-state index in [1.54, 1.807) is 11.3 Å². The van der Waals surface area contributed by atoms with Crippen LogP contribution in [0.4, 0.5) is 0 Å². The predicted molar refractivity (Wildman–Crippen MR) is 212 cm³/mol. The fourth-order valence-electron chi connectivity index (χ4n) is 7.37. The van der Waals surface area contributed by atoms with Gasteiger partial charge in [0.2, 0.25) is 0 Å². The number of hydrogen-bond donors (Lipinski definition) is 0. The summed E-state index contributed by atoms with van der Waals surface area (Å²) in [6.45, 7) is 4.39. The summed E-state index contributed by atoms with van der Waals surface area (Å²) >= 11 is 8.68. The topological polar surface area (TPSA) is 38.7 Å². The second-order valence-corrected chi connectivity index (χ2v) is 14.3. The van der Waals surface area contributed by atoms with Crippen LogP contribution in [0.2, 0.25) is 5.02 Å². The summed E-state index contributed by atoms with van der Waals surface area (Å²) in [6.07, 6.45) is 0.821. The van der Waals surface area contributed by atoms with Gasteiger partial charge in [0, 0.05) is 42.2 Å². The lowest BCUT2D eigenvalue weighted by Gasteiger charge is -2.20. The molecular formula is C45H32ClN3S. The first-order chi connectivity index (χ1) is 24.6. The lowest BCUT2D eigenvalue weighted by atomic mass is 9.87. The molecule has 2 aromatic heterocycles. The number of benzene rings is 7. The average Bonchev–Trinajstić information content (AvgIpc) is 3.54. The molecule has 0 aliphatic carbocycles. The van der Waals surface area contributed by atoms with Crippen LogP contribution >= 0.6 is 22.9 Å². The van der Waals surface area contributed by atoms with Gasteiger partial charge in [0.15, 0.2) is 11.6 Å². The molecule has 1 unspecified atom stereocenters. The first-order valence-corrected chi connectivity index (χ1v) is 18.2. The van der Waals surface area contributed by atoms with Crippen LogP contribution in [0.25, 0.3) is 75.6 Å². The molecule has 0 fully saturated rings. The molecule has 0 amide bonds. The highest BCUT2D eigenvalue weighted by atomic mass is 35.5. The zero-order chi connectivity index (χ0) is 33.8. The molecule has 1 atom stereocenters. The summed E-state index contributed by atoms with van der Waals surface area (Å²) in [5, 5.41) is 7.74. The zero-order valence-electron chi connectivity index (χ0n) is 27.7. The molecule has 240 valence electrons. The minimum atomic E-state index is -0.0652. The Morgan fingerprint density at radius 2 is 1.30 bits per heavy atom. The highest BCUT2D eigenvalue weighted by Crippen LogP contribution is 2.44. The zero-order valence-corrected chi connectivity index (χ0v) is 29.3. The van der Waals surface area contributed by atoms with E-state index in [4.69, 9.17) is 26.6 Å². The second kappa shape index (κ2) is 12.5. The van der Waals surface area contributed by atoms with E-state index in [-0.39, 0.29) is 5.92 Å². The Kier molecular flexibility index (Phi) is 7.64. The maximum Gasteiger partial charge on any atom is 0.164 e. The minimum absolute atomic E-state index is 0.0652. The van der Waals surface area contributed by atoms with E-state index in [2.05, 4.69) is 147 Å². The first-order valence-electron chi connectivity index (χ1n) is 17.0. The molecule has 2 heterocycles. The Labute approximate surface area is 299 Å². The minimum Gasteiger partial charge on any atom is -0.212 e. The SMILES string of the molecule is CCC(c1nc(-c2ccc3ccccc3c2)nc(-c2cc(Cl)cc3sc4c5ccccc5ccc4c23)n1)c1ccccc1-c1ccccc1C. The maximum absolute atomic E-state index is 6.91. The molecule has 9 rings (SSSR count). The number of aromatic nitrogens is 3. The van der Waals surface area contributed by atoms with Crippen molar-refractivity contribution in [3.63, 3.8) is 0 Å². The second-order valence-electron chi connectivity index (χ2n) is 12.9. The van der Waals surface area contributed by atoms with Gasteiger partial charge in [-0.2, -0.15) is 0 Å². The van der Waals surface area contributed by atoms with Gasteiger partial charge in [-0.25, -0.2) is 15.0 Å². The molecule has 7 aromatic carbocycles. The highest BCUT2D eigenvalue weighted by molar-refractivity contribution is 7.26. The summed E-state index contributed by atoms with van der Waals surface area (Å²) in [6, 6.07) is 49.2. The monoisotopic (exact) mass is 681 g/mol. The van der Waals surface area contributed by atoms with E-state index >= 15 is 0 Å². The standard InChI is InChI=1S/C45H32ClN3S/c1-3-33(36-18-10-11-19-37(36)34-16-8-4-12-27(34)2)44-47-43(31-21-20-28-13-5-6-15-30(28)24-31)48-45(49-44)39-25-32(46)26-40-41(39)38-23-22-29-14-7-9-17-35(29)42(38)50-40/h4-26,33H,3H2,1-2H3. The van der Waals surface area contributed by atoms with E-state index in [0.29, 0.717) is 16.7 Å². The van der Waals surface area contributed by atoms with Crippen molar-refractivity contribution in [3.8, 4) is 33.9 Å². The lowest BCUT2D eigenvalue weighted by Crippen LogP contribution is -2.10. The van der Waals surface area contributed by atoms with E-state index in [9.17, 15) is 0 Å². The third kappa shape index (κ3) is 5.24. The molecule has 0 aliphatic rings. The summed E-state index contributed by atoms with van der Waals surface area (Å²) in [4.78, 5) is 15.9. The maximum atomic E-state index is 6.91. The van der Waals surface area contributed by atoms with Crippen molar-refractivity contribution in [1.82, 2.24) is 15.0 Å². The molecule has 50 heavy (non-hydrogen) atoms. The largest absolute Gasteiger partial charge is 0.212 e. The van der Waals surface area contributed by atoms with E-state index in [0.717, 1.165) is 38.8 Å². The predicted octanol–water partition coefficient (Wildman–Crippen LogP) is 13.1. The van der Waals surface area contributed by atoms with Crippen molar-refractivity contribution < 1.29 is 0 Å². The molecule has 0 aliphatic heterocycles. The van der Waals surface area contributed by atoms with Crippen molar-refractivity contribution in [1.29, 1.82) is 0 Å². The van der Waals surface area contributed by atoms with Crippen LogP contribution in [0.5, 0.6) is 0 Å². The van der Waals surface area contributed by atoms with Crippen molar-refractivity contribution in [2.45, 2.75) is 26.2 Å². The van der Waals surface area contributed by atoms with Crippen LogP contribution in [0, 0.1) is 6.92 Å². The molecule has 0 saturated heterocycles. The van der Waals surface area contributed by atoms with E-state index < -0.39 is 0 Å². The molecule has 0 bridgehead atoms. The molecule has 0 saturated carbocycles. The van der Waals surface area contributed by atoms with Gasteiger partial charge in [-0.05, 0) is 75.3 Å². The van der Waals surface area contributed by atoms with Gasteiger partial charge >= 0.3 is 0 Å². The van der Waals surface area contributed by atoms with E-state index in [1.807, 2.05) is 6.07 Å². The number of nitrogens with zero attached hydrogens (tertiary/aromatic N) is 3.